The van der Waals surface area contributed by atoms with Crippen LogP contribution in [0.5, 0.6) is 0 Å². The highest BCUT2D eigenvalue weighted by molar-refractivity contribution is 5.09. The Hall–Kier alpha value is -0.930. The fourth-order valence-electron chi connectivity index (χ4n) is 3.26. The van der Waals surface area contributed by atoms with Gasteiger partial charge in [-0.15, -0.1) is 0 Å². The van der Waals surface area contributed by atoms with Crippen molar-refractivity contribution in [1.82, 2.24) is 15.2 Å². The van der Waals surface area contributed by atoms with Crippen LogP contribution in [0.4, 0.5) is 0 Å². The van der Waals surface area contributed by atoms with Crippen LogP contribution in [0.15, 0.2) is 24.4 Å². The first kappa shape index (κ1) is 15.5. The van der Waals surface area contributed by atoms with Crippen molar-refractivity contribution < 1.29 is 0 Å². The van der Waals surface area contributed by atoms with Gasteiger partial charge in [0.15, 0.2) is 0 Å². The molecule has 0 saturated carbocycles. The minimum absolute atomic E-state index is 0.394. The number of piperazine rings is 1. The van der Waals surface area contributed by atoms with Crippen LogP contribution in [-0.4, -0.2) is 35.1 Å². The highest BCUT2D eigenvalue weighted by Crippen LogP contribution is 2.27. The second kappa shape index (κ2) is 7.19. The molecule has 1 aliphatic heterocycles. The van der Waals surface area contributed by atoms with E-state index in [0.29, 0.717) is 24.0 Å². The smallest absolute Gasteiger partial charge is 0.0572 e. The van der Waals surface area contributed by atoms with E-state index in [1.807, 2.05) is 12.3 Å². The van der Waals surface area contributed by atoms with Crippen molar-refractivity contribution in [2.24, 2.45) is 5.92 Å². The molecule has 0 spiro atoms. The Labute approximate surface area is 123 Å². The van der Waals surface area contributed by atoms with Gasteiger partial charge in [0.2, 0.25) is 0 Å². The summed E-state index contributed by atoms with van der Waals surface area (Å²) in [5.74, 6) is 0.663. The molecule has 3 unspecified atom stereocenters. The van der Waals surface area contributed by atoms with E-state index >= 15 is 0 Å². The summed E-state index contributed by atoms with van der Waals surface area (Å²) in [5, 5.41) is 3.73. The normalized spacial score (nSPS) is 25.9. The first-order chi connectivity index (χ1) is 9.63. The number of aromatic nitrogens is 1. The lowest BCUT2D eigenvalue weighted by Crippen LogP contribution is -2.58. The SMILES string of the molecule is CCCC1CN(C(C)c2ccccn2)C(C(C)C)CN1. The van der Waals surface area contributed by atoms with E-state index in [1.54, 1.807) is 0 Å². The molecule has 2 rings (SSSR count). The second-order valence-corrected chi connectivity index (χ2v) is 6.33. The third-order valence-corrected chi connectivity index (χ3v) is 4.49. The summed E-state index contributed by atoms with van der Waals surface area (Å²) < 4.78 is 0. The summed E-state index contributed by atoms with van der Waals surface area (Å²) in [7, 11) is 0. The minimum atomic E-state index is 0.394. The molecule has 1 fully saturated rings. The fraction of sp³-hybridized carbons (Fsp3) is 0.706. The highest BCUT2D eigenvalue weighted by atomic mass is 15.3. The molecule has 3 nitrogen and oxygen atoms in total. The van der Waals surface area contributed by atoms with Crippen LogP contribution < -0.4 is 5.32 Å². The van der Waals surface area contributed by atoms with Crippen molar-refractivity contribution in [3.05, 3.63) is 30.1 Å². The third-order valence-electron chi connectivity index (χ3n) is 4.49. The molecule has 112 valence electrons. The monoisotopic (exact) mass is 275 g/mol. The largest absolute Gasteiger partial charge is 0.311 e. The van der Waals surface area contributed by atoms with Gasteiger partial charge in [-0.25, -0.2) is 0 Å². The number of hydrogen-bond acceptors (Lipinski definition) is 3. The van der Waals surface area contributed by atoms with Crippen molar-refractivity contribution in [3.8, 4) is 0 Å². The average molecular weight is 275 g/mol. The van der Waals surface area contributed by atoms with E-state index in [-0.39, 0.29) is 0 Å². The van der Waals surface area contributed by atoms with Crippen molar-refractivity contribution in [1.29, 1.82) is 0 Å². The molecule has 0 aliphatic carbocycles. The maximum Gasteiger partial charge on any atom is 0.0572 e. The molecule has 0 amide bonds. The molecule has 20 heavy (non-hydrogen) atoms. The van der Waals surface area contributed by atoms with Crippen molar-refractivity contribution in [2.45, 2.75) is 58.7 Å². The van der Waals surface area contributed by atoms with E-state index in [4.69, 9.17) is 0 Å². The molecule has 0 bridgehead atoms. The van der Waals surface area contributed by atoms with Gasteiger partial charge in [-0.1, -0.05) is 33.3 Å². The lowest BCUT2D eigenvalue weighted by atomic mass is 9.94. The van der Waals surface area contributed by atoms with Gasteiger partial charge in [0.05, 0.1) is 5.69 Å². The number of nitrogens with one attached hydrogen (secondary N) is 1. The number of pyridine rings is 1. The van der Waals surface area contributed by atoms with Crippen LogP contribution in [0.2, 0.25) is 0 Å². The molecule has 0 radical (unpaired) electrons. The van der Waals surface area contributed by atoms with Crippen molar-refractivity contribution in [2.75, 3.05) is 13.1 Å². The summed E-state index contributed by atoms with van der Waals surface area (Å²) in [6.45, 7) is 11.4. The van der Waals surface area contributed by atoms with Crippen molar-refractivity contribution >= 4 is 0 Å². The maximum atomic E-state index is 4.56. The van der Waals surface area contributed by atoms with Gasteiger partial charge in [0.1, 0.15) is 0 Å². The molecular weight excluding hydrogens is 246 g/mol. The van der Waals surface area contributed by atoms with Crippen LogP contribution in [0.25, 0.3) is 0 Å². The predicted molar refractivity (Wildman–Crippen MR) is 84.7 cm³/mol. The molecule has 1 aliphatic rings. The Kier molecular flexibility index (Phi) is 5.55. The first-order valence-electron chi connectivity index (χ1n) is 8.03. The van der Waals surface area contributed by atoms with E-state index in [0.717, 1.165) is 13.1 Å². The lowest BCUT2D eigenvalue weighted by molar-refractivity contribution is 0.0582. The van der Waals surface area contributed by atoms with Crippen LogP contribution >= 0.6 is 0 Å². The standard InChI is InChI=1S/C17H29N3/c1-5-8-15-12-20(17(11-19-15)13(2)3)14(4)16-9-6-7-10-18-16/h6-7,9-10,13-15,17,19H,5,8,11-12H2,1-4H3. The minimum Gasteiger partial charge on any atom is -0.311 e. The Morgan fingerprint density at radius 2 is 2.15 bits per heavy atom. The average Bonchev–Trinajstić information content (AvgIpc) is 2.47. The van der Waals surface area contributed by atoms with Gasteiger partial charge < -0.3 is 5.32 Å². The summed E-state index contributed by atoms with van der Waals surface area (Å²) in [5.41, 5.74) is 1.19. The van der Waals surface area contributed by atoms with E-state index in [1.165, 1.54) is 18.5 Å². The molecule has 1 aromatic heterocycles. The van der Waals surface area contributed by atoms with Gasteiger partial charge in [0, 0.05) is 37.4 Å². The molecule has 3 atom stereocenters. The Balaban J connectivity index is 2.14. The second-order valence-electron chi connectivity index (χ2n) is 6.33. The van der Waals surface area contributed by atoms with E-state index in [2.05, 4.69) is 55.0 Å². The van der Waals surface area contributed by atoms with Crippen molar-refractivity contribution in [3.63, 3.8) is 0 Å². The molecule has 3 heteroatoms. The summed E-state index contributed by atoms with van der Waals surface area (Å²) in [4.78, 5) is 7.21. The van der Waals surface area contributed by atoms with Crippen LogP contribution in [0.3, 0.4) is 0 Å². The Morgan fingerprint density at radius 1 is 1.35 bits per heavy atom. The third kappa shape index (κ3) is 3.58. The van der Waals surface area contributed by atoms with Crippen LogP contribution in [0, 0.1) is 5.92 Å². The topological polar surface area (TPSA) is 28.2 Å². The molecular formula is C17H29N3. The van der Waals surface area contributed by atoms with Gasteiger partial charge in [0.25, 0.3) is 0 Å². The summed E-state index contributed by atoms with van der Waals surface area (Å²) in [6.07, 6.45) is 4.41. The lowest BCUT2D eigenvalue weighted by Gasteiger charge is -2.45. The van der Waals surface area contributed by atoms with Crippen LogP contribution in [-0.2, 0) is 0 Å². The van der Waals surface area contributed by atoms with Gasteiger partial charge in [-0.05, 0) is 31.4 Å². The van der Waals surface area contributed by atoms with Gasteiger partial charge >= 0.3 is 0 Å². The zero-order chi connectivity index (χ0) is 14.5. The fourth-order valence-corrected chi connectivity index (χ4v) is 3.26. The molecule has 0 aromatic carbocycles. The number of rotatable bonds is 5. The zero-order valence-corrected chi connectivity index (χ0v) is 13.3. The van der Waals surface area contributed by atoms with E-state index < -0.39 is 0 Å². The quantitative estimate of drug-likeness (QED) is 0.894. The maximum absolute atomic E-state index is 4.56. The molecule has 1 saturated heterocycles. The van der Waals surface area contributed by atoms with Gasteiger partial charge in [-0.3, -0.25) is 9.88 Å². The van der Waals surface area contributed by atoms with Gasteiger partial charge in [-0.2, -0.15) is 0 Å². The molecule has 1 aromatic rings. The summed E-state index contributed by atoms with van der Waals surface area (Å²) >= 11 is 0. The number of nitrogens with zero attached hydrogens (tertiary/aromatic N) is 2. The molecule has 2 heterocycles. The predicted octanol–water partition coefficient (Wildman–Crippen LogP) is 3.24. The summed E-state index contributed by atoms with van der Waals surface area (Å²) in [6, 6.07) is 7.85. The zero-order valence-electron chi connectivity index (χ0n) is 13.3. The first-order valence-corrected chi connectivity index (χ1v) is 8.03. The Bertz CT molecular complexity index is 390. The highest BCUT2D eigenvalue weighted by Gasteiger charge is 2.33. The molecule has 1 N–H and O–H groups in total. The van der Waals surface area contributed by atoms with E-state index in [9.17, 15) is 0 Å². The Morgan fingerprint density at radius 3 is 2.75 bits per heavy atom. The van der Waals surface area contributed by atoms with Crippen LogP contribution in [0.1, 0.15) is 52.3 Å². The number of hydrogen-bond donors (Lipinski definition) is 1.